The fourth-order valence-electron chi connectivity index (χ4n) is 1.92. The molecule has 0 saturated carbocycles. The van der Waals surface area contributed by atoms with Crippen LogP contribution in [0.2, 0.25) is 5.02 Å². The minimum atomic E-state index is -1.50. The first-order valence-corrected chi connectivity index (χ1v) is 6.59. The normalized spacial score (nSPS) is 13.3. The number of amides is 1. The minimum absolute atomic E-state index is 0.180. The molecule has 1 aromatic rings. The SMILES string of the molecule is CCCC(C)(NC(=O)c1cccc(Cl)c1[N+](=O)[O-])C(=O)O. The van der Waals surface area contributed by atoms with Crippen LogP contribution in [0.5, 0.6) is 0 Å². The van der Waals surface area contributed by atoms with Gasteiger partial charge in [0, 0.05) is 0 Å². The van der Waals surface area contributed by atoms with Gasteiger partial charge in [0.1, 0.15) is 16.1 Å². The molecule has 0 heterocycles. The van der Waals surface area contributed by atoms with Crippen LogP contribution in [0.4, 0.5) is 5.69 Å². The van der Waals surface area contributed by atoms with Gasteiger partial charge in [0.15, 0.2) is 0 Å². The highest BCUT2D eigenvalue weighted by atomic mass is 35.5. The van der Waals surface area contributed by atoms with Crippen LogP contribution in [0.25, 0.3) is 0 Å². The number of nitro groups is 1. The van der Waals surface area contributed by atoms with Crippen molar-refractivity contribution in [2.45, 2.75) is 32.2 Å². The van der Waals surface area contributed by atoms with Crippen molar-refractivity contribution in [2.24, 2.45) is 0 Å². The highest BCUT2D eigenvalue weighted by molar-refractivity contribution is 6.33. The van der Waals surface area contributed by atoms with Crippen molar-refractivity contribution in [3.8, 4) is 0 Å². The van der Waals surface area contributed by atoms with Crippen molar-refractivity contribution in [3.05, 3.63) is 38.9 Å². The van der Waals surface area contributed by atoms with Gasteiger partial charge in [-0.05, 0) is 25.5 Å². The van der Waals surface area contributed by atoms with Crippen LogP contribution in [0.15, 0.2) is 18.2 Å². The molecule has 1 aromatic carbocycles. The van der Waals surface area contributed by atoms with Gasteiger partial charge >= 0.3 is 11.7 Å². The molecule has 1 amide bonds. The van der Waals surface area contributed by atoms with Crippen molar-refractivity contribution < 1.29 is 19.6 Å². The predicted molar refractivity (Wildman–Crippen MR) is 76.5 cm³/mol. The molecule has 0 fully saturated rings. The number of aliphatic carboxylic acids is 1. The van der Waals surface area contributed by atoms with Crippen LogP contribution in [-0.2, 0) is 4.79 Å². The van der Waals surface area contributed by atoms with Gasteiger partial charge in [-0.15, -0.1) is 0 Å². The van der Waals surface area contributed by atoms with E-state index >= 15 is 0 Å². The first-order chi connectivity index (χ1) is 9.73. The van der Waals surface area contributed by atoms with Gasteiger partial charge in [-0.2, -0.15) is 0 Å². The molecule has 7 nitrogen and oxygen atoms in total. The van der Waals surface area contributed by atoms with Gasteiger partial charge in [-0.25, -0.2) is 4.79 Å². The molecule has 1 unspecified atom stereocenters. The summed E-state index contributed by atoms with van der Waals surface area (Å²) in [4.78, 5) is 33.7. The summed E-state index contributed by atoms with van der Waals surface area (Å²) in [5.74, 6) is -2.05. The van der Waals surface area contributed by atoms with Crippen molar-refractivity contribution >= 4 is 29.2 Å². The topological polar surface area (TPSA) is 110 Å². The zero-order valence-corrected chi connectivity index (χ0v) is 12.3. The Balaban J connectivity index is 3.18. The Hall–Kier alpha value is -2.15. The van der Waals surface area contributed by atoms with E-state index in [0.29, 0.717) is 6.42 Å². The van der Waals surface area contributed by atoms with E-state index in [0.717, 1.165) is 0 Å². The summed E-state index contributed by atoms with van der Waals surface area (Å²) in [6, 6.07) is 3.91. The fraction of sp³-hybridized carbons (Fsp3) is 0.385. The van der Waals surface area contributed by atoms with Crippen LogP contribution in [0.3, 0.4) is 0 Å². The largest absolute Gasteiger partial charge is 0.480 e. The van der Waals surface area contributed by atoms with Crippen molar-refractivity contribution in [2.75, 3.05) is 0 Å². The minimum Gasteiger partial charge on any atom is -0.480 e. The van der Waals surface area contributed by atoms with E-state index in [1.54, 1.807) is 6.92 Å². The lowest BCUT2D eigenvalue weighted by Crippen LogP contribution is -2.52. The number of nitrogens with zero attached hydrogens (tertiary/aromatic N) is 1. The monoisotopic (exact) mass is 314 g/mol. The Labute approximate surface area is 126 Å². The van der Waals surface area contributed by atoms with Crippen molar-refractivity contribution in [1.29, 1.82) is 0 Å². The summed E-state index contributed by atoms with van der Waals surface area (Å²) >= 11 is 5.73. The lowest BCUT2D eigenvalue weighted by Gasteiger charge is -2.25. The average molecular weight is 315 g/mol. The molecule has 0 bridgehead atoms. The molecule has 0 saturated heterocycles. The molecule has 0 aromatic heterocycles. The number of carbonyl (C=O) groups excluding carboxylic acids is 1. The summed E-state index contributed by atoms with van der Waals surface area (Å²) in [5.41, 5.74) is -2.31. The summed E-state index contributed by atoms with van der Waals surface area (Å²) < 4.78 is 0. The number of hydrogen-bond acceptors (Lipinski definition) is 4. The third-order valence-electron chi connectivity index (χ3n) is 3.03. The molecule has 1 rings (SSSR count). The maximum absolute atomic E-state index is 12.2. The van der Waals surface area contributed by atoms with Crippen LogP contribution in [0.1, 0.15) is 37.0 Å². The van der Waals surface area contributed by atoms with E-state index in [-0.39, 0.29) is 17.0 Å². The molecule has 8 heteroatoms. The van der Waals surface area contributed by atoms with Gasteiger partial charge in [0.2, 0.25) is 0 Å². The summed E-state index contributed by atoms with van der Waals surface area (Å²) in [7, 11) is 0. The smallest absolute Gasteiger partial charge is 0.329 e. The number of carboxylic acid groups (broad SMARTS) is 1. The van der Waals surface area contributed by atoms with Crippen LogP contribution >= 0.6 is 11.6 Å². The first kappa shape index (κ1) is 16.9. The van der Waals surface area contributed by atoms with Crippen molar-refractivity contribution in [3.63, 3.8) is 0 Å². The molecule has 0 radical (unpaired) electrons. The summed E-state index contributed by atoms with van der Waals surface area (Å²) in [6.07, 6.45) is 0.725. The second kappa shape index (κ2) is 6.53. The number of carbonyl (C=O) groups is 2. The third-order valence-corrected chi connectivity index (χ3v) is 3.33. The highest BCUT2D eigenvalue weighted by Crippen LogP contribution is 2.28. The predicted octanol–water partition coefficient (Wildman–Crippen LogP) is 2.62. The highest BCUT2D eigenvalue weighted by Gasteiger charge is 2.36. The summed E-state index contributed by atoms with van der Waals surface area (Å²) in [6.45, 7) is 3.13. The molecule has 114 valence electrons. The number of hydrogen-bond donors (Lipinski definition) is 2. The number of nitro benzene ring substituents is 1. The molecule has 1 atom stereocenters. The number of benzene rings is 1. The molecular weight excluding hydrogens is 300 g/mol. The molecule has 21 heavy (non-hydrogen) atoms. The van der Waals surface area contributed by atoms with Gasteiger partial charge in [-0.1, -0.05) is 31.0 Å². The number of rotatable bonds is 6. The summed E-state index contributed by atoms with van der Waals surface area (Å²) in [5, 5.41) is 22.4. The van der Waals surface area contributed by atoms with Crippen LogP contribution < -0.4 is 5.32 Å². The standard InChI is InChI=1S/C13H15ClN2O5/c1-3-7-13(2,12(18)19)15-11(17)8-5-4-6-9(14)10(8)16(20)21/h4-6H,3,7H2,1-2H3,(H,15,17)(H,18,19). The zero-order chi connectivity index (χ0) is 16.2. The van der Waals surface area contributed by atoms with Gasteiger partial charge in [0.25, 0.3) is 5.91 Å². The molecule has 0 aliphatic carbocycles. The molecule has 2 N–H and O–H groups in total. The Bertz CT molecular complexity index is 590. The lowest BCUT2D eigenvalue weighted by molar-refractivity contribution is -0.385. The van der Waals surface area contributed by atoms with E-state index in [1.807, 2.05) is 0 Å². The van der Waals surface area contributed by atoms with Crippen LogP contribution in [0, 0.1) is 10.1 Å². The first-order valence-electron chi connectivity index (χ1n) is 6.21. The Kier molecular flexibility index (Phi) is 5.26. The Morgan fingerprint density at radius 2 is 2.10 bits per heavy atom. The van der Waals surface area contributed by atoms with Gasteiger partial charge in [0.05, 0.1) is 4.92 Å². The molecular formula is C13H15ClN2O5. The van der Waals surface area contributed by atoms with Gasteiger partial charge < -0.3 is 10.4 Å². The quantitative estimate of drug-likeness (QED) is 0.619. The molecule has 0 aliphatic rings. The molecule has 0 spiro atoms. The maximum atomic E-state index is 12.2. The van der Waals surface area contributed by atoms with Crippen LogP contribution in [-0.4, -0.2) is 27.4 Å². The van der Waals surface area contributed by atoms with E-state index in [4.69, 9.17) is 11.6 Å². The van der Waals surface area contributed by atoms with E-state index in [2.05, 4.69) is 5.32 Å². The molecule has 0 aliphatic heterocycles. The van der Waals surface area contributed by atoms with Crippen molar-refractivity contribution in [1.82, 2.24) is 5.32 Å². The van der Waals surface area contributed by atoms with E-state index < -0.39 is 28.0 Å². The van der Waals surface area contributed by atoms with E-state index in [9.17, 15) is 24.8 Å². The Morgan fingerprint density at radius 1 is 1.48 bits per heavy atom. The average Bonchev–Trinajstić information content (AvgIpc) is 2.37. The second-order valence-corrected chi connectivity index (χ2v) is 5.14. The number of carboxylic acids is 1. The Morgan fingerprint density at radius 3 is 2.57 bits per heavy atom. The number of halogens is 1. The number of nitrogens with one attached hydrogen (secondary N) is 1. The third kappa shape index (κ3) is 3.69. The fourth-order valence-corrected chi connectivity index (χ4v) is 2.17. The maximum Gasteiger partial charge on any atom is 0.329 e. The van der Waals surface area contributed by atoms with Gasteiger partial charge in [-0.3, -0.25) is 14.9 Å². The van der Waals surface area contributed by atoms with E-state index in [1.165, 1.54) is 25.1 Å². The zero-order valence-electron chi connectivity index (χ0n) is 11.6. The number of para-hydroxylation sites is 1. The lowest BCUT2D eigenvalue weighted by atomic mass is 9.95. The second-order valence-electron chi connectivity index (χ2n) is 4.73.